The summed E-state index contributed by atoms with van der Waals surface area (Å²) in [5, 5.41) is 5.67. The summed E-state index contributed by atoms with van der Waals surface area (Å²) in [6.07, 6.45) is 0.373. The number of amides is 1. The quantitative estimate of drug-likeness (QED) is 0.776. The molecule has 19 heavy (non-hydrogen) atoms. The predicted molar refractivity (Wildman–Crippen MR) is 69.0 cm³/mol. The molecular formula is C13H16N2O4. The van der Waals surface area contributed by atoms with E-state index in [1.165, 1.54) is 7.11 Å². The maximum atomic E-state index is 11.7. The van der Waals surface area contributed by atoms with Gasteiger partial charge in [-0.15, -0.1) is 0 Å². The Labute approximate surface area is 111 Å². The van der Waals surface area contributed by atoms with Gasteiger partial charge in [0.1, 0.15) is 17.8 Å². The number of ether oxygens (including phenoxy) is 2. The first-order chi connectivity index (χ1) is 9.13. The first-order valence-corrected chi connectivity index (χ1v) is 5.93. The van der Waals surface area contributed by atoms with Crippen LogP contribution in [-0.4, -0.2) is 38.2 Å². The number of hydrogen-bond acceptors (Lipinski definition) is 5. The minimum absolute atomic E-state index is 0.203. The van der Waals surface area contributed by atoms with E-state index in [1.54, 1.807) is 19.2 Å². The van der Waals surface area contributed by atoms with E-state index in [9.17, 15) is 9.59 Å². The molecule has 1 aliphatic heterocycles. The summed E-state index contributed by atoms with van der Waals surface area (Å²) in [5.74, 6) is 0.118. The van der Waals surface area contributed by atoms with Crippen molar-refractivity contribution >= 4 is 17.6 Å². The molecule has 6 heteroatoms. The van der Waals surface area contributed by atoms with Crippen LogP contribution in [0.15, 0.2) is 24.3 Å². The zero-order valence-corrected chi connectivity index (χ0v) is 10.8. The Balaban J connectivity index is 1.99. The van der Waals surface area contributed by atoms with Gasteiger partial charge in [0.2, 0.25) is 5.91 Å². The lowest BCUT2D eigenvalue weighted by atomic mass is 10.1. The molecule has 1 aromatic carbocycles. The van der Waals surface area contributed by atoms with E-state index in [1.807, 2.05) is 12.1 Å². The number of rotatable bonds is 4. The van der Waals surface area contributed by atoms with Crippen molar-refractivity contribution in [2.24, 2.45) is 0 Å². The van der Waals surface area contributed by atoms with Gasteiger partial charge in [-0.2, -0.15) is 0 Å². The SMILES string of the molecule is COC(=O)[C@@H]1C[C@H](Nc2ccc(OC)cc2)C(=O)N1. The summed E-state index contributed by atoms with van der Waals surface area (Å²) in [7, 11) is 2.90. The molecule has 1 fully saturated rings. The van der Waals surface area contributed by atoms with Gasteiger partial charge in [-0.3, -0.25) is 4.79 Å². The topological polar surface area (TPSA) is 76.7 Å². The van der Waals surface area contributed by atoms with Crippen molar-refractivity contribution in [1.82, 2.24) is 5.32 Å². The van der Waals surface area contributed by atoms with Crippen LogP contribution in [0.2, 0.25) is 0 Å². The van der Waals surface area contributed by atoms with E-state index in [-0.39, 0.29) is 5.91 Å². The Morgan fingerprint density at radius 2 is 2.00 bits per heavy atom. The van der Waals surface area contributed by atoms with Crippen molar-refractivity contribution in [2.75, 3.05) is 19.5 Å². The summed E-state index contributed by atoms with van der Waals surface area (Å²) >= 11 is 0. The second-order valence-electron chi connectivity index (χ2n) is 4.25. The highest BCUT2D eigenvalue weighted by Gasteiger charge is 2.36. The van der Waals surface area contributed by atoms with Gasteiger partial charge in [0.15, 0.2) is 0 Å². The molecule has 0 radical (unpaired) electrons. The Kier molecular flexibility index (Phi) is 3.89. The number of benzene rings is 1. The lowest BCUT2D eigenvalue weighted by molar-refractivity contribution is -0.143. The van der Waals surface area contributed by atoms with Crippen molar-refractivity contribution in [3.63, 3.8) is 0 Å². The third-order valence-corrected chi connectivity index (χ3v) is 3.02. The largest absolute Gasteiger partial charge is 0.497 e. The van der Waals surface area contributed by atoms with Gasteiger partial charge in [0.05, 0.1) is 14.2 Å². The van der Waals surface area contributed by atoms with Crippen molar-refractivity contribution in [1.29, 1.82) is 0 Å². The van der Waals surface area contributed by atoms with Crippen LogP contribution in [0.1, 0.15) is 6.42 Å². The van der Waals surface area contributed by atoms with Gasteiger partial charge in [0, 0.05) is 12.1 Å². The standard InChI is InChI=1S/C13H16N2O4/c1-18-9-5-3-8(4-6-9)14-10-7-11(13(17)19-2)15-12(10)16/h3-6,10-11,14H,7H2,1-2H3,(H,15,16)/t10-,11-/m0/s1. The Morgan fingerprint density at radius 1 is 1.32 bits per heavy atom. The van der Waals surface area contributed by atoms with Crippen LogP contribution in [-0.2, 0) is 14.3 Å². The molecule has 6 nitrogen and oxygen atoms in total. The van der Waals surface area contributed by atoms with Crippen molar-refractivity contribution < 1.29 is 19.1 Å². The van der Waals surface area contributed by atoms with Crippen molar-refractivity contribution in [3.8, 4) is 5.75 Å². The van der Waals surface area contributed by atoms with E-state index in [0.29, 0.717) is 6.42 Å². The summed E-state index contributed by atoms with van der Waals surface area (Å²) < 4.78 is 9.67. The minimum atomic E-state index is -0.576. The highest BCUT2D eigenvalue weighted by Crippen LogP contribution is 2.19. The maximum absolute atomic E-state index is 11.7. The van der Waals surface area contributed by atoms with E-state index in [2.05, 4.69) is 15.4 Å². The van der Waals surface area contributed by atoms with E-state index < -0.39 is 18.1 Å². The minimum Gasteiger partial charge on any atom is -0.497 e. The Bertz CT molecular complexity index is 472. The average Bonchev–Trinajstić information content (AvgIpc) is 2.80. The zero-order valence-electron chi connectivity index (χ0n) is 10.8. The van der Waals surface area contributed by atoms with Gasteiger partial charge in [0.25, 0.3) is 0 Å². The van der Waals surface area contributed by atoms with Gasteiger partial charge in [-0.25, -0.2) is 4.79 Å². The van der Waals surface area contributed by atoms with E-state index in [0.717, 1.165) is 11.4 Å². The molecule has 1 aromatic rings. The third-order valence-electron chi connectivity index (χ3n) is 3.02. The average molecular weight is 264 g/mol. The van der Waals surface area contributed by atoms with Crippen LogP contribution in [0.5, 0.6) is 5.75 Å². The molecule has 0 aliphatic carbocycles. The number of hydrogen-bond donors (Lipinski definition) is 2. The van der Waals surface area contributed by atoms with Crippen LogP contribution >= 0.6 is 0 Å². The molecule has 2 rings (SSSR count). The zero-order chi connectivity index (χ0) is 13.8. The van der Waals surface area contributed by atoms with Crippen LogP contribution in [0.3, 0.4) is 0 Å². The molecule has 0 unspecified atom stereocenters. The van der Waals surface area contributed by atoms with Crippen LogP contribution in [0.4, 0.5) is 5.69 Å². The molecule has 2 N–H and O–H groups in total. The Morgan fingerprint density at radius 3 is 2.58 bits per heavy atom. The first-order valence-electron chi connectivity index (χ1n) is 5.93. The third kappa shape index (κ3) is 2.96. The fourth-order valence-electron chi connectivity index (χ4n) is 1.98. The van der Waals surface area contributed by atoms with Gasteiger partial charge in [-0.1, -0.05) is 0 Å². The molecule has 1 heterocycles. The molecule has 102 valence electrons. The number of nitrogens with one attached hydrogen (secondary N) is 2. The lowest BCUT2D eigenvalue weighted by Gasteiger charge is -2.11. The van der Waals surface area contributed by atoms with E-state index >= 15 is 0 Å². The van der Waals surface area contributed by atoms with Crippen LogP contribution in [0.25, 0.3) is 0 Å². The fraction of sp³-hybridized carbons (Fsp3) is 0.385. The van der Waals surface area contributed by atoms with E-state index in [4.69, 9.17) is 4.74 Å². The molecular weight excluding hydrogens is 248 g/mol. The summed E-state index contributed by atoms with van der Waals surface area (Å²) in [5.41, 5.74) is 0.798. The Hall–Kier alpha value is -2.24. The predicted octanol–water partition coefficient (Wildman–Crippen LogP) is 0.537. The van der Waals surface area contributed by atoms with Crippen LogP contribution in [0, 0.1) is 0 Å². The monoisotopic (exact) mass is 264 g/mol. The second-order valence-corrected chi connectivity index (χ2v) is 4.25. The normalized spacial score (nSPS) is 21.7. The number of anilines is 1. The second kappa shape index (κ2) is 5.60. The summed E-state index contributed by atoms with van der Waals surface area (Å²) in [4.78, 5) is 23.1. The highest BCUT2D eigenvalue weighted by molar-refractivity contribution is 5.93. The van der Waals surface area contributed by atoms with Gasteiger partial charge >= 0.3 is 5.97 Å². The number of carbonyl (C=O) groups is 2. The molecule has 1 amide bonds. The maximum Gasteiger partial charge on any atom is 0.328 e. The van der Waals surface area contributed by atoms with Gasteiger partial charge in [-0.05, 0) is 24.3 Å². The van der Waals surface area contributed by atoms with Crippen molar-refractivity contribution in [3.05, 3.63) is 24.3 Å². The molecule has 0 spiro atoms. The summed E-state index contributed by atoms with van der Waals surface area (Å²) in [6.45, 7) is 0. The van der Waals surface area contributed by atoms with Crippen LogP contribution < -0.4 is 15.4 Å². The van der Waals surface area contributed by atoms with Crippen molar-refractivity contribution in [2.45, 2.75) is 18.5 Å². The fourth-order valence-corrected chi connectivity index (χ4v) is 1.98. The molecule has 0 aromatic heterocycles. The number of methoxy groups -OCH3 is 2. The summed E-state index contributed by atoms with van der Waals surface area (Å²) in [6, 6.07) is 6.22. The van der Waals surface area contributed by atoms with Gasteiger partial charge < -0.3 is 20.1 Å². The smallest absolute Gasteiger partial charge is 0.328 e. The first kappa shape index (κ1) is 13.2. The lowest BCUT2D eigenvalue weighted by Crippen LogP contribution is -2.34. The molecule has 2 atom stereocenters. The molecule has 1 aliphatic rings. The highest BCUT2D eigenvalue weighted by atomic mass is 16.5. The molecule has 0 saturated carbocycles. The number of carbonyl (C=O) groups excluding carboxylic acids is 2. The number of esters is 1. The molecule has 0 bridgehead atoms. The molecule has 1 saturated heterocycles.